The fraction of sp³-hybridized carbons (Fsp3) is 0.114. The van der Waals surface area contributed by atoms with E-state index in [1.807, 2.05) is 36.4 Å². The highest BCUT2D eigenvalue weighted by Crippen LogP contribution is 2.41. The molecule has 44 heavy (non-hydrogen) atoms. The fourth-order valence-electron chi connectivity index (χ4n) is 5.94. The van der Waals surface area contributed by atoms with Gasteiger partial charge in [0.2, 0.25) is 0 Å². The van der Waals surface area contributed by atoms with Gasteiger partial charge in [-0.25, -0.2) is 13.6 Å². The predicted molar refractivity (Wildman–Crippen MR) is 179 cm³/mol. The molecule has 7 rings (SSSR count). The van der Waals surface area contributed by atoms with E-state index in [-0.39, 0.29) is 5.91 Å². The second-order valence-electron chi connectivity index (χ2n) is 11.0. The second-order valence-corrected chi connectivity index (χ2v) is 13.5. The Kier molecular flexibility index (Phi) is 6.26. The van der Waals surface area contributed by atoms with Crippen LogP contribution in [0.1, 0.15) is 15.9 Å². The smallest absolute Gasteiger partial charge is 0.255 e. The lowest BCUT2D eigenvalue weighted by Crippen LogP contribution is -2.25. The summed E-state index contributed by atoms with van der Waals surface area (Å²) in [4.78, 5) is 18.5. The van der Waals surface area contributed by atoms with Crippen molar-refractivity contribution in [3.05, 3.63) is 102 Å². The minimum absolute atomic E-state index is 0.306. The van der Waals surface area contributed by atoms with Gasteiger partial charge in [-0.2, -0.15) is 0 Å². The molecular formula is C35H29FN4O3S. The number of anilines is 1. The molecule has 3 aromatic carbocycles. The zero-order valence-electron chi connectivity index (χ0n) is 24.6. The van der Waals surface area contributed by atoms with Crippen molar-refractivity contribution in [2.75, 3.05) is 24.7 Å². The van der Waals surface area contributed by atoms with Crippen LogP contribution in [-0.2, 0) is 9.71 Å². The van der Waals surface area contributed by atoms with Crippen LogP contribution in [-0.4, -0.2) is 45.7 Å². The molecule has 0 aliphatic rings. The van der Waals surface area contributed by atoms with Crippen LogP contribution in [0.5, 0.6) is 0 Å². The maximum Gasteiger partial charge on any atom is 0.255 e. The van der Waals surface area contributed by atoms with E-state index in [4.69, 9.17) is 9.40 Å². The summed E-state index contributed by atoms with van der Waals surface area (Å²) >= 11 is 0. The average Bonchev–Trinajstić information content (AvgIpc) is 3.54. The number of fused-ring (bicyclic) bond motifs is 6. The number of furan rings is 1. The first kappa shape index (κ1) is 27.7. The van der Waals surface area contributed by atoms with Crippen LogP contribution in [0.2, 0.25) is 0 Å². The lowest BCUT2D eigenvalue weighted by atomic mass is 10.0. The Labute approximate surface area is 253 Å². The molecule has 220 valence electrons. The Morgan fingerprint density at radius 2 is 1.80 bits per heavy atom. The predicted octanol–water partition coefficient (Wildman–Crippen LogP) is 7.23. The molecule has 1 unspecified atom stereocenters. The number of para-hydroxylation sites is 1. The highest BCUT2D eigenvalue weighted by atomic mass is 32.2. The first-order valence-corrected chi connectivity index (χ1v) is 16.1. The summed E-state index contributed by atoms with van der Waals surface area (Å²) in [5.41, 5.74) is 7.20. The van der Waals surface area contributed by atoms with E-state index in [1.54, 1.807) is 42.9 Å². The number of aryl methyl sites for hydroxylation is 1. The van der Waals surface area contributed by atoms with Gasteiger partial charge in [0.15, 0.2) is 0 Å². The van der Waals surface area contributed by atoms with E-state index in [9.17, 15) is 13.4 Å². The lowest BCUT2D eigenvalue weighted by molar-refractivity contribution is 0.0964. The standard InChI is InChI=1S/C35H29FN4O3S/c1-20-24-8-6-7-9-28(24)40-17-16-21-12-15-27(38-32(21)33(20)40)25-18-26-30(19-29(25)39(3)44(4,5)42)43-34(31(26)35(41)37-2)22-10-13-23(36)14-11-22/h6-19H,4H2,1-3,5H3,(H,37,41). The molecule has 0 saturated heterocycles. The Morgan fingerprint density at radius 1 is 1.05 bits per heavy atom. The first-order chi connectivity index (χ1) is 21.1. The van der Waals surface area contributed by atoms with Crippen molar-refractivity contribution in [3.8, 4) is 22.6 Å². The van der Waals surface area contributed by atoms with E-state index >= 15 is 0 Å². The van der Waals surface area contributed by atoms with Gasteiger partial charge < -0.3 is 18.4 Å². The van der Waals surface area contributed by atoms with Gasteiger partial charge in [-0.1, -0.05) is 24.3 Å². The number of carbonyl (C=O) groups excluding carboxylic acids is 1. The minimum Gasteiger partial charge on any atom is -0.455 e. The highest BCUT2D eigenvalue weighted by molar-refractivity contribution is 8.00. The molecule has 1 amide bonds. The van der Waals surface area contributed by atoms with Crippen molar-refractivity contribution in [2.45, 2.75) is 6.92 Å². The van der Waals surface area contributed by atoms with Gasteiger partial charge in [0.25, 0.3) is 5.91 Å². The summed E-state index contributed by atoms with van der Waals surface area (Å²) in [6.45, 7) is 2.10. The SMILES string of the molecule is C=S(C)(=O)N(C)c1cc2oc(-c3ccc(F)cc3)c(C(=O)NC)c2cc1-c1ccc2ccn3c4ccccc4c(C)c3c2n1. The number of hydrogen-bond acceptors (Lipinski definition) is 4. The van der Waals surface area contributed by atoms with E-state index < -0.39 is 15.5 Å². The highest BCUT2D eigenvalue weighted by Gasteiger charge is 2.26. The van der Waals surface area contributed by atoms with Crippen molar-refractivity contribution >= 4 is 65.5 Å². The topological polar surface area (TPSA) is 79.9 Å². The van der Waals surface area contributed by atoms with Gasteiger partial charge >= 0.3 is 0 Å². The Balaban J connectivity index is 1.56. The van der Waals surface area contributed by atoms with Crippen molar-refractivity contribution < 1.29 is 17.8 Å². The van der Waals surface area contributed by atoms with E-state index in [1.165, 1.54) is 12.1 Å². The number of aromatic nitrogens is 2. The maximum atomic E-state index is 13.8. The van der Waals surface area contributed by atoms with Crippen LogP contribution in [0, 0.1) is 12.7 Å². The van der Waals surface area contributed by atoms with Crippen molar-refractivity contribution in [1.82, 2.24) is 14.7 Å². The molecule has 0 saturated carbocycles. The Morgan fingerprint density at radius 3 is 2.52 bits per heavy atom. The number of carbonyl (C=O) groups is 1. The average molecular weight is 605 g/mol. The van der Waals surface area contributed by atoms with Crippen LogP contribution in [0.3, 0.4) is 0 Å². The number of benzene rings is 3. The molecule has 0 aliphatic heterocycles. The molecule has 7 aromatic rings. The summed E-state index contributed by atoms with van der Waals surface area (Å²) in [5.74, 6) is 3.47. The second kappa shape index (κ2) is 9.96. The number of halogens is 1. The summed E-state index contributed by atoms with van der Waals surface area (Å²) in [6.07, 6.45) is 3.63. The third kappa shape index (κ3) is 4.23. The molecule has 4 heterocycles. The number of hydrogen-bond donors (Lipinski definition) is 1. The summed E-state index contributed by atoms with van der Waals surface area (Å²) in [5, 5.41) is 5.39. The van der Waals surface area contributed by atoms with Gasteiger partial charge in [-0.15, -0.1) is 0 Å². The lowest BCUT2D eigenvalue weighted by Gasteiger charge is -2.24. The number of rotatable bonds is 5. The molecule has 1 atom stereocenters. The zero-order valence-corrected chi connectivity index (χ0v) is 25.5. The summed E-state index contributed by atoms with van der Waals surface area (Å²) < 4.78 is 37.1. The monoisotopic (exact) mass is 604 g/mol. The van der Waals surface area contributed by atoms with E-state index in [0.717, 1.165) is 32.9 Å². The van der Waals surface area contributed by atoms with Gasteiger partial charge in [0.1, 0.15) is 17.2 Å². The molecule has 0 aliphatic carbocycles. The molecule has 0 spiro atoms. The van der Waals surface area contributed by atoms with Crippen molar-refractivity contribution in [2.24, 2.45) is 0 Å². The molecule has 0 radical (unpaired) electrons. The summed E-state index contributed by atoms with van der Waals surface area (Å²) in [6, 6.07) is 23.7. The maximum absolute atomic E-state index is 13.8. The van der Waals surface area contributed by atoms with Gasteiger partial charge in [-0.3, -0.25) is 4.79 Å². The van der Waals surface area contributed by atoms with Crippen LogP contribution < -0.4 is 9.62 Å². The molecule has 1 N–H and O–H groups in total. The Bertz CT molecular complexity index is 2410. The Hall–Kier alpha value is -5.15. The number of amides is 1. The minimum atomic E-state index is -2.70. The van der Waals surface area contributed by atoms with Crippen LogP contribution >= 0.6 is 0 Å². The van der Waals surface area contributed by atoms with E-state index in [0.29, 0.717) is 44.8 Å². The third-order valence-electron chi connectivity index (χ3n) is 8.28. The van der Waals surface area contributed by atoms with Crippen LogP contribution in [0.25, 0.3) is 60.9 Å². The number of pyridine rings is 2. The third-order valence-corrected chi connectivity index (χ3v) is 9.63. The molecule has 0 bridgehead atoms. The molecule has 4 aromatic heterocycles. The molecule has 0 fully saturated rings. The van der Waals surface area contributed by atoms with Crippen LogP contribution in [0.4, 0.5) is 10.1 Å². The van der Waals surface area contributed by atoms with Gasteiger partial charge in [0, 0.05) is 69.6 Å². The number of nitrogens with one attached hydrogen (secondary N) is 1. The largest absolute Gasteiger partial charge is 0.455 e. The van der Waals surface area contributed by atoms with Crippen LogP contribution in [0.15, 0.2) is 89.5 Å². The molecule has 7 nitrogen and oxygen atoms in total. The fourth-order valence-corrected chi connectivity index (χ4v) is 6.50. The van der Waals surface area contributed by atoms with Gasteiger partial charge in [-0.05, 0) is 66.9 Å². The first-order valence-electron chi connectivity index (χ1n) is 14.0. The molecule has 9 heteroatoms. The van der Waals surface area contributed by atoms with Crippen molar-refractivity contribution in [1.29, 1.82) is 0 Å². The van der Waals surface area contributed by atoms with Crippen molar-refractivity contribution in [3.63, 3.8) is 0 Å². The molecular weight excluding hydrogens is 575 g/mol. The van der Waals surface area contributed by atoms with E-state index in [2.05, 4.69) is 40.8 Å². The summed E-state index contributed by atoms with van der Waals surface area (Å²) in [7, 11) is 0.565. The van der Waals surface area contributed by atoms with Gasteiger partial charge in [0.05, 0.1) is 33.5 Å². The quantitative estimate of drug-likeness (QED) is 0.210. The number of nitrogens with zero attached hydrogens (tertiary/aromatic N) is 3. The zero-order chi connectivity index (χ0) is 30.9. The normalized spacial score (nSPS) is 13.1.